The Bertz CT molecular complexity index is 1670. The molecule has 186 valence electrons. The zero-order valence-corrected chi connectivity index (χ0v) is 22.6. The summed E-state index contributed by atoms with van der Waals surface area (Å²) < 4.78 is 13.7. The minimum Gasteiger partial charge on any atom is -0.496 e. The van der Waals surface area contributed by atoms with Crippen molar-refractivity contribution in [2.24, 2.45) is 4.99 Å². The van der Waals surface area contributed by atoms with Gasteiger partial charge in [-0.3, -0.25) is 9.36 Å². The minimum atomic E-state index is -0.684. The van der Waals surface area contributed by atoms with E-state index in [-0.39, 0.29) is 12.2 Å². The number of hydrogen-bond acceptors (Lipinski definition) is 6. The van der Waals surface area contributed by atoms with Crippen molar-refractivity contribution in [2.45, 2.75) is 13.0 Å². The van der Waals surface area contributed by atoms with Crippen LogP contribution in [-0.2, 0) is 9.53 Å². The lowest BCUT2D eigenvalue weighted by atomic mass is 9.93. The summed E-state index contributed by atoms with van der Waals surface area (Å²) in [5.41, 5.74) is 3.04. The van der Waals surface area contributed by atoms with Crippen LogP contribution in [0.2, 0.25) is 0 Å². The quantitative estimate of drug-likeness (QED) is 0.313. The fraction of sp³-hybridized carbons (Fsp3) is 0.138. The number of aromatic nitrogens is 1. The van der Waals surface area contributed by atoms with Gasteiger partial charge in [-0.2, -0.15) is 0 Å². The van der Waals surface area contributed by atoms with Crippen LogP contribution in [-0.4, -0.2) is 24.3 Å². The second kappa shape index (κ2) is 10.7. The summed E-state index contributed by atoms with van der Waals surface area (Å²) in [6.45, 7) is 1.98. The van der Waals surface area contributed by atoms with E-state index < -0.39 is 12.0 Å². The second-order valence-electron chi connectivity index (χ2n) is 8.24. The summed E-state index contributed by atoms with van der Waals surface area (Å²) in [5.74, 6) is 0.210. The summed E-state index contributed by atoms with van der Waals surface area (Å²) in [7, 11) is 1.60. The normalized spacial score (nSPS) is 15.2. The van der Waals surface area contributed by atoms with Gasteiger partial charge in [-0.05, 0) is 52.2 Å². The molecule has 8 heteroatoms. The number of nitrogens with zero attached hydrogens (tertiary/aromatic N) is 2. The Kier molecular flexibility index (Phi) is 7.21. The van der Waals surface area contributed by atoms with Crippen LogP contribution in [0, 0.1) is 0 Å². The zero-order chi connectivity index (χ0) is 25.9. The first-order valence-corrected chi connectivity index (χ1v) is 13.3. The van der Waals surface area contributed by atoms with E-state index in [0.29, 0.717) is 26.4 Å². The average molecular weight is 575 g/mol. The highest BCUT2D eigenvalue weighted by atomic mass is 79.9. The van der Waals surface area contributed by atoms with Crippen LogP contribution in [0.5, 0.6) is 5.75 Å². The van der Waals surface area contributed by atoms with Crippen molar-refractivity contribution in [3.63, 3.8) is 0 Å². The fourth-order valence-corrected chi connectivity index (χ4v) is 5.87. The Morgan fingerprint density at radius 1 is 1.08 bits per heavy atom. The predicted octanol–water partition coefficient (Wildman–Crippen LogP) is 4.71. The summed E-state index contributed by atoms with van der Waals surface area (Å²) in [6.07, 6.45) is 1.83. The predicted molar refractivity (Wildman–Crippen MR) is 148 cm³/mol. The van der Waals surface area contributed by atoms with Crippen molar-refractivity contribution in [2.75, 3.05) is 13.7 Å². The molecule has 37 heavy (non-hydrogen) atoms. The largest absolute Gasteiger partial charge is 0.496 e. The fourth-order valence-electron chi connectivity index (χ4n) is 4.31. The molecule has 1 aliphatic heterocycles. The number of esters is 1. The maximum absolute atomic E-state index is 13.8. The van der Waals surface area contributed by atoms with Crippen molar-refractivity contribution in [3.8, 4) is 5.75 Å². The minimum absolute atomic E-state index is 0.211. The van der Waals surface area contributed by atoms with Crippen LogP contribution in [0.15, 0.2) is 98.7 Å². The first-order chi connectivity index (χ1) is 18.0. The number of thiazole rings is 1. The number of halogens is 1. The molecule has 0 aliphatic carbocycles. The van der Waals surface area contributed by atoms with Crippen molar-refractivity contribution in [3.05, 3.63) is 125 Å². The van der Waals surface area contributed by atoms with Crippen LogP contribution in [0.3, 0.4) is 0 Å². The van der Waals surface area contributed by atoms with Gasteiger partial charge in [0.05, 0.1) is 40.0 Å². The van der Waals surface area contributed by atoms with Gasteiger partial charge in [-0.25, -0.2) is 9.79 Å². The van der Waals surface area contributed by atoms with E-state index in [4.69, 9.17) is 14.5 Å². The highest BCUT2D eigenvalue weighted by molar-refractivity contribution is 9.10. The lowest BCUT2D eigenvalue weighted by molar-refractivity contribution is -0.138. The molecular weight excluding hydrogens is 552 g/mol. The maximum Gasteiger partial charge on any atom is 0.338 e. The van der Waals surface area contributed by atoms with E-state index in [2.05, 4.69) is 15.9 Å². The molecular formula is C29H23BrN2O4S. The van der Waals surface area contributed by atoms with Crippen molar-refractivity contribution in [1.29, 1.82) is 0 Å². The lowest BCUT2D eigenvalue weighted by Gasteiger charge is -2.25. The molecule has 1 aliphatic rings. The van der Waals surface area contributed by atoms with Crippen LogP contribution < -0.4 is 19.6 Å². The third-order valence-electron chi connectivity index (χ3n) is 5.96. The number of rotatable bonds is 6. The first kappa shape index (κ1) is 24.9. The summed E-state index contributed by atoms with van der Waals surface area (Å²) in [4.78, 5) is 32.6. The van der Waals surface area contributed by atoms with Crippen LogP contribution in [0.1, 0.15) is 29.7 Å². The standard InChI is InChI=1S/C29H23BrN2O4S/c1-3-36-28(34)24-25(19-10-6-4-7-11-19)31-29-32(26(24)20-12-8-5-9-13-20)27(33)23(37-29)17-18-14-15-22(35-2)21(30)16-18/h4-17,26H,3H2,1-2H3/b23-17-/t26-/m1/s1. The molecule has 0 amide bonds. The van der Waals surface area contributed by atoms with Crippen molar-refractivity contribution >= 4 is 45.0 Å². The van der Waals surface area contributed by atoms with E-state index >= 15 is 0 Å². The number of hydrogen-bond donors (Lipinski definition) is 0. The molecule has 1 aromatic heterocycles. The smallest absolute Gasteiger partial charge is 0.338 e. The van der Waals surface area contributed by atoms with Gasteiger partial charge in [0.15, 0.2) is 4.80 Å². The Morgan fingerprint density at radius 2 is 1.78 bits per heavy atom. The third kappa shape index (κ3) is 4.82. The molecule has 5 rings (SSSR count). The van der Waals surface area contributed by atoms with Crippen LogP contribution in [0.4, 0.5) is 0 Å². The molecule has 0 saturated carbocycles. The van der Waals surface area contributed by atoms with E-state index in [9.17, 15) is 9.59 Å². The van der Waals surface area contributed by atoms with Gasteiger partial charge in [0.2, 0.25) is 0 Å². The number of fused-ring (bicyclic) bond motifs is 1. The van der Waals surface area contributed by atoms with Gasteiger partial charge < -0.3 is 9.47 Å². The molecule has 3 aromatic carbocycles. The van der Waals surface area contributed by atoms with Gasteiger partial charge in [0, 0.05) is 5.56 Å². The monoisotopic (exact) mass is 574 g/mol. The SMILES string of the molecule is CCOC(=O)C1=C(c2ccccc2)N=c2s/c(=C\c3ccc(OC)c(Br)c3)c(=O)n2[C@@H]1c1ccccc1. The Labute approximate surface area is 226 Å². The van der Waals surface area contributed by atoms with E-state index in [1.54, 1.807) is 18.6 Å². The number of carbonyl (C=O) groups excluding carboxylic acids is 1. The molecule has 1 atom stereocenters. The molecule has 6 nitrogen and oxygen atoms in total. The van der Waals surface area contributed by atoms with E-state index in [1.165, 1.54) is 11.3 Å². The maximum atomic E-state index is 13.8. The number of benzene rings is 3. The number of ether oxygens (including phenoxy) is 2. The van der Waals surface area contributed by atoms with E-state index in [1.807, 2.05) is 84.9 Å². The number of methoxy groups -OCH3 is 1. The molecule has 2 heterocycles. The molecule has 0 N–H and O–H groups in total. The Hall–Kier alpha value is -3.75. The lowest BCUT2D eigenvalue weighted by Crippen LogP contribution is -2.39. The van der Waals surface area contributed by atoms with Crippen LogP contribution >= 0.6 is 27.3 Å². The van der Waals surface area contributed by atoms with Crippen LogP contribution in [0.25, 0.3) is 11.8 Å². The molecule has 0 saturated heterocycles. The number of carbonyl (C=O) groups is 1. The highest BCUT2D eigenvalue weighted by Gasteiger charge is 2.35. The van der Waals surface area contributed by atoms with Gasteiger partial charge in [-0.1, -0.05) is 78.1 Å². The van der Waals surface area contributed by atoms with Gasteiger partial charge in [0.1, 0.15) is 5.75 Å². The summed E-state index contributed by atoms with van der Waals surface area (Å²) in [6, 6.07) is 24.0. The summed E-state index contributed by atoms with van der Waals surface area (Å²) in [5, 5.41) is 0. The Morgan fingerprint density at radius 3 is 2.43 bits per heavy atom. The van der Waals surface area contributed by atoms with Crippen molar-refractivity contribution in [1.82, 2.24) is 4.57 Å². The van der Waals surface area contributed by atoms with Gasteiger partial charge >= 0.3 is 5.97 Å². The molecule has 4 aromatic rings. The third-order valence-corrected chi connectivity index (χ3v) is 7.57. The molecule has 0 unspecified atom stereocenters. The second-order valence-corrected chi connectivity index (χ2v) is 10.1. The average Bonchev–Trinajstić information content (AvgIpc) is 3.23. The highest BCUT2D eigenvalue weighted by Crippen LogP contribution is 2.35. The molecule has 0 fully saturated rings. The van der Waals surface area contributed by atoms with E-state index in [0.717, 1.165) is 21.2 Å². The molecule has 0 radical (unpaired) electrons. The van der Waals surface area contributed by atoms with Crippen molar-refractivity contribution < 1.29 is 14.3 Å². The first-order valence-electron chi connectivity index (χ1n) is 11.7. The molecule has 0 bridgehead atoms. The Balaban J connectivity index is 1.80. The molecule has 0 spiro atoms. The summed E-state index contributed by atoms with van der Waals surface area (Å²) >= 11 is 4.80. The van der Waals surface area contributed by atoms with Gasteiger partial charge in [-0.15, -0.1) is 0 Å². The zero-order valence-electron chi connectivity index (χ0n) is 20.2. The topological polar surface area (TPSA) is 69.9 Å². The van der Waals surface area contributed by atoms with Gasteiger partial charge in [0.25, 0.3) is 5.56 Å².